The number of hydrogen-bond acceptors (Lipinski definition) is 4. The van der Waals surface area contributed by atoms with Gasteiger partial charge in [0.25, 0.3) is 5.56 Å². The molecule has 6 nitrogen and oxygen atoms in total. The maximum atomic E-state index is 11.6. The quantitative estimate of drug-likeness (QED) is 0.846. The van der Waals surface area contributed by atoms with E-state index in [1.165, 1.54) is 0 Å². The van der Waals surface area contributed by atoms with Gasteiger partial charge in [0, 0.05) is 5.39 Å². The number of rotatable bonds is 5. The molecule has 2 N–H and O–H groups in total. The highest BCUT2D eigenvalue weighted by Crippen LogP contribution is 2.12. The lowest BCUT2D eigenvalue weighted by Crippen LogP contribution is -2.27. The van der Waals surface area contributed by atoms with E-state index in [1.54, 1.807) is 31.2 Å². The van der Waals surface area contributed by atoms with Crippen LogP contribution in [-0.4, -0.2) is 24.4 Å². The third-order valence-corrected chi connectivity index (χ3v) is 4.24. The summed E-state index contributed by atoms with van der Waals surface area (Å²) in [4.78, 5) is 11.6. The lowest BCUT2D eigenvalue weighted by atomic mass is 10.1. The van der Waals surface area contributed by atoms with Gasteiger partial charge in [-0.2, -0.15) is 5.10 Å². The van der Waals surface area contributed by atoms with E-state index in [4.69, 9.17) is 0 Å². The Morgan fingerprint density at radius 1 is 1.26 bits per heavy atom. The minimum atomic E-state index is -3.29. The summed E-state index contributed by atoms with van der Waals surface area (Å²) in [7, 11) is -3.29. The van der Waals surface area contributed by atoms with Gasteiger partial charge in [-0.1, -0.05) is 25.1 Å². The van der Waals surface area contributed by atoms with Crippen molar-refractivity contribution in [3.8, 4) is 0 Å². The van der Waals surface area contributed by atoms with Crippen molar-refractivity contribution in [2.45, 2.75) is 19.9 Å². The average molecular weight is 281 g/mol. The molecule has 7 heteroatoms. The molecule has 2 aromatic rings. The summed E-state index contributed by atoms with van der Waals surface area (Å²) >= 11 is 0. The van der Waals surface area contributed by atoms with E-state index in [0.717, 1.165) is 0 Å². The molecule has 0 unspecified atom stereocenters. The number of sulfonamides is 1. The number of nitrogens with zero attached hydrogens (tertiary/aromatic N) is 1. The first-order chi connectivity index (χ1) is 9.03. The van der Waals surface area contributed by atoms with Crippen LogP contribution in [0.4, 0.5) is 0 Å². The van der Waals surface area contributed by atoms with Gasteiger partial charge in [-0.3, -0.25) is 4.79 Å². The maximum absolute atomic E-state index is 11.6. The monoisotopic (exact) mass is 281 g/mol. The molecular weight excluding hydrogens is 266 g/mol. The van der Waals surface area contributed by atoms with E-state index >= 15 is 0 Å². The summed E-state index contributed by atoms with van der Waals surface area (Å²) in [6.07, 6.45) is 0.551. The number of benzene rings is 1. The van der Waals surface area contributed by atoms with E-state index in [0.29, 0.717) is 22.9 Å². The Morgan fingerprint density at radius 3 is 2.63 bits per heavy atom. The number of aromatic nitrogens is 2. The third kappa shape index (κ3) is 3.18. The molecule has 0 amide bonds. The van der Waals surface area contributed by atoms with Gasteiger partial charge < -0.3 is 0 Å². The summed E-state index contributed by atoms with van der Waals surface area (Å²) < 4.78 is 25.7. The van der Waals surface area contributed by atoms with E-state index in [2.05, 4.69) is 14.9 Å². The van der Waals surface area contributed by atoms with Crippen molar-refractivity contribution >= 4 is 20.8 Å². The molecule has 0 radical (unpaired) electrons. The zero-order chi connectivity index (χ0) is 13.9. The van der Waals surface area contributed by atoms with Gasteiger partial charge in [-0.15, -0.1) is 0 Å². The Bertz CT molecular complexity index is 737. The molecule has 0 bridgehead atoms. The van der Waals surface area contributed by atoms with Crippen LogP contribution in [-0.2, 0) is 16.6 Å². The summed E-state index contributed by atoms with van der Waals surface area (Å²) in [5, 5.41) is 7.44. The van der Waals surface area contributed by atoms with Crippen molar-refractivity contribution in [2.75, 3.05) is 5.75 Å². The van der Waals surface area contributed by atoms with Gasteiger partial charge in [0.1, 0.15) is 0 Å². The highest BCUT2D eigenvalue weighted by Gasteiger charge is 2.11. The molecule has 0 aliphatic heterocycles. The minimum absolute atomic E-state index is 0.0691. The number of aromatic amines is 1. The topological polar surface area (TPSA) is 91.9 Å². The van der Waals surface area contributed by atoms with Crippen LogP contribution in [0, 0.1) is 0 Å². The number of H-pyrrole nitrogens is 1. The van der Waals surface area contributed by atoms with Crippen molar-refractivity contribution < 1.29 is 8.42 Å². The molecule has 1 aromatic heterocycles. The first-order valence-electron chi connectivity index (χ1n) is 5.97. The molecule has 0 spiro atoms. The van der Waals surface area contributed by atoms with Crippen LogP contribution in [0.25, 0.3) is 10.8 Å². The fourth-order valence-electron chi connectivity index (χ4n) is 1.83. The third-order valence-electron chi connectivity index (χ3n) is 2.71. The van der Waals surface area contributed by atoms with Crippen LogP contribution < -0.4 is 10.3 Å². The second-order valence-electron chi connectivity index (χ2n) is 4.18. The summed E-state index contributed by atoms with van der Waals surface area (Å²) in [6.45, 7) is 1.87. The second kappa shape index (κ2) is 5.50. The van der Waals surface area contributed by atoms with Gasteiger partial charge in [-0.25, -0.2) is 18.2 Å². The minimum Gasteiger partial charge on any atom is -0.267 e. The molecule has 1 aromatic carbocycles. The van der Waals surface area contributed by atoms with Crippen molar-refractivity contribution in [1.29, 1.82) is 0 Å². The predicted molar refractivity (Wildman–Crippen MR) is 73.3 cm³/mol. The SMILES string of the molecule is CCCS(=O)(=O)NCc1n[nH]c(=O)c2ccccc12. The largest absolute Gasteiger partial charge is 0.272 e. The van der Waals surface area contributed by atoms with Crippen LogP contribution in [0.3, 0.4) is 0 Å². The normalized spacial score (nSPS) is 11.8. The molecule has 1 heterocycles. The molecule has 2 rings (SSSR count). The van der Waals surface area contributed by atoms with Crippen LogP contribution >= 0.6 is 0 Å². The Labute approximate surface area is 110 Å². The van der Waals surface area contributed by atoms with Gasteiger partial charge >= 0.3 is 0 Å². The van der Waals surface area contributed by atoms with E-state index in [1.807, 2.05) is 0 Å². The van der Waals surface area contributed by atoms with E-state index in [-0.39, 0.29) is 17.9 Å². The van der Waals surface area contributed by atoms with Gasteiger partial charge in [0.05, 0.1) is 23.4 Å². The molecule has 102 valence electrons. The van der Waals surface area contributed by atoms with Crippen molar-refractivity contribution in [3.05, 3.63) is 40.3 Å². The lowest BCUT2D eigenvalue weighted by molar-refractivity contribution is 0.579. The zero-order valence-electron chi connectivity index (χ0n) is 10.5. The molecule has 0 saturated carbocycles. The summed E-state index contributed by atoms with van der Waals surface area (Å²) in [5.41, 5.74) is 0.227. The van der Waals surface area contributed by atoms with E-state index in [9.17, 15) is 13.2 Å². The van der Waals surface area contributed by atoms with Crippen molar-refractivity contribution in [2.24, 2.45) is 0 Å². The highest BCUT2D eigenvalue weighted by atomic mass is 32.2. The Hall–Kier alpha value is -1.73. The predicted octanol–water partition coefficient (Wildman–Crippen LogP) is 0.752. The first kappa shape index (κ1) is 13.7. The fraction of sp³-hybridized carbons (Fsp3) is 0.333. The Balaban J connectivity index is 2.32. The Kier molecular flexibility index (Phi) is 3.96. The standard InChI is InChI=1S/C12H15N3O3S/c1-2-7-19(17,18)13-8-11-9-5-3-4-6-10(9)12(16)15-14-11/h3-6,13H,2,7-8H2,1H3,(H,15,16). The van der Waals surface area contributed by atoms with Gasteiger partial charge in [-0.05, 0) is 12.5 Å². The van der Waals surface area contributed by atoms with Crippen LogP contribution in [0.15, 0.2) is 29.1 Å². The maximum Gasteiger partial charge on any atom is 0.272 e. The average Bonchev–Trinajstić information content (AvgIpc) is 2.38. The highest BCUT2D eigenvalue weighted by molar-refractivity contribution is 7.89. The molecule has 0 aliphatic rings. The first-order valence-corrected chi connectivity index (χ1v) is 7.62. The van der Waals surface area contributed by atoms with E-state index < -0.39 is 10.0 Å². The molecular formula is C12H15N3O3S. The molecule has 0 atom stereocenters. The smallest absolute Gasteiger partial charge is 0.267 e. The molecule has 0 aliphatic carbocycles. The Morgan fingerprint density at radius 2 is 1.95 bits per heavy atom. The molecule has 0 fully saturated rings. The lowest BCUT2D eigenvalue weighted by Gasteiger charge is -2.07. The number of fused-ring (bicyclic) bond motifs is 1. The second-order valence-corrected chi connectivity index (χ2v) is 6.11. The molecule has 0 saturated heterocycles. The summed E-state index contributed by atoms with van der Waals surface area (Å²) in [6, 6.07) is 6.97. The molecule has 19 heavy (non-hydrogen) atoms. The summed E-state index contributed by atoms with van der Waals surface area (Å²) in [5.74, 6) is 0.0777. The zero-order valence-corrected chi connectivity index (χ0v) is 11.3. The number of hydrogen-bond donors (Lipinski definition) is 2. The number of nitrogens with one attached hydrogen (secondary N) is 2. The fourth-order valence-corrected chi connectivity index (χ4v) is 2.86. The van der Waals surface area contributed by atoms with Gasteiger partial charge in [0.15, 0.2) is 0 Å². The van der Waals surface area contributed by atoms with Crippen molar-refractivity contribution in [1.82, 2.24) is 14.9 Å². The van der Waals surface area contributed by atoms with Crippen LogP contribution in [0.5, 0.6) is 0 Å². The van der Waals surface area contributed by atoms with Gasteiger partial charge in [0.2, 0.25) is 10.0 Å². The van der Waals surface area contributed by atoms with Crippen molar-refractivity contribution in [3.63, 3.8) is 0 Å². The van der Waals surface area contributed by atoms with Crippen LogP contribution in [0.2, 0.25) is 0 Å². The van der Waals surface area contributed by atoms with Crippen LogP contribution in [0.1, 0.15) is 19.0 Å².